The number of hydrogen-bond donors (Lipinski definition) is 1. The molecule has 0 bridgehead atoms. The van der Waals surface area contributed by atoms with Crippen LogP contribution in [0.15, 0.2) is 24.3 Å². The molecule has 1 aromatic carbocycles. The van der Waals surface area contributed by atoms with E-state index in [1.54, 1.807) is 25.1 Å². The Morgan fingerprint density at radius 2 is 1.88 bits per heavy atom. The minimum atomic E-state index is -2.79. The lowest BCUT2D eigenvalue weighted by molar-refractivity contribution is -0.00412. The van der Waals surface area contributed by atoms with Gasteiger partial charge in [0.1, 0.15) is 0 Å². The maximum atomic E-state index is 13.8. The van der Waals surface area contributed by atoms with Crippen LogP contribution in [0, 0.1) is 12.8 Å². The van der Waals surface area contributed by atoms with Crippen LogP contribution in [0.25, 0.3) is 0 Å². The summed E-state index contributed by atoms with van der Waals surface area (Å²) in [5.41, 5.74) is 0.755. The summed E-state index contributed by atoms with van der Waals surface area (Å²) in [4.78, 5) is 0. The smallest absolute Gasteiger partial charge is 0.285 e. The lowest BCUT2D eigenvalue weighted by Crippen LogP contribution is -2.33. The molecule has 90 valence electrons. The summed E-state index contributed by atoms with van der Waals surface area (Å²) >= 11 is 0. The average Bonchev–Trinajstić information content (AvgIpc) is 2.17. The number of halogens is 2. The van der Waals surface area contributed by atoms with Crippen molar-refractivity contribution in [3.05, 3.63) is 35.4 Å². The van der Waals surface area contributed by atoms with Crippen molar-refractivity contribution in [2.24, 2.45) is 5.92 Å². The van der Waals surface area contributed by atoms with Crippen LogP contribution in [0.4, 0.5) is 8.78 Å². The van der Waals surface area contributed by atoms with Gasteiger partial charge in [-0.2, -0.15) is 8.78 Å². The first kappa shape index (κ1) is 13.1. The molecule has 0 saturated heterocycles. The first-order valence-electron chi connectivity index (χ1n) is 5.58. The van der Waals surface area contributed by atoms with Crippen LogP contribution in [0.1, 0.15) is 25.0 Å². The fourth-order valence-electron chi connectivity index (χ4n) is 1.60. The zero-order valence-electron chi connectivity index (χ0n) is 10.1. The van der Waals surface area contributed by atoms with Gasteiger partial charge in [-0.3, -0.25) is 0 Å². The van der Waals surface area contributed by atoms with Gasteiger partial charge in [-0.1, -0.05) is 38.1 Å². The topological polar surface area (TPSA) is 12.0 Å². The van der Waals surface area contributed by atoms with Gasteiger partial charge in [0, 0.05) is 5.56 Å². The van der Waals surface area contributed by atoms with Crippen molar-refractivity contribution in [1.29, 1.82) is 0 Å². The molecule has 0 spiro atoms. The zero-order valence-corrected chi connectivity index (χ0v) is 10.1. The largest absolute Gasteiger partial charge is 0.311 e. The van der Waals surface area contributed by atoms with E-state index < -0.39 is 5.92 Å². The van der Waals surface area contributed by atoms with Crippen molar-refractivity contribution in [3.63, 3.8) is 0 Å². The van der Waals surface area contributed by atoms with Crippen LogP contribution >= 0.6 is 0 Å². The van der Waals surface area contributed by atoms with Crippen LogP contribution in [-0.2, 0) is 5.92 Å². The van der Waals surface area contributed by atoms with Crippen molar-refractivity contribution < 1.29 is 8.78 Å². The fourth-order valence-corrected chi connectivity index (χ4v) is 1.60. The Kier molecular flexibility index (Phi) is 4.42. The minimum absolute atomic E-state index is 0.117. The third kappa shape index (κ3) is 3.56. The molecule has 1 N–H and O–H groups in total. The Bertz CT molecular complexity index is 334. The van der Waals surface area contributed by atoms with E-state index in [0.717, 1.165) is 0 Å². The van der Waals surface area contributed by atoms with Crippen LogP contribution in [-0.4, -0.2) is 13.1 Å². The summed E-state index contributed by atoms with van der Waals surface area (Å²) < 4.78 is 27.6. The Morgan fingerprint density at radius 1 is 1.25 bits per heavy atom. The van der Waals surface area contributed by atoms with Gasteiger partial charge < -0.3 is 5.32 Å². The van der Waals surface area contributed by atoms with Crippen LogP contribution in [0.5, 0.6) is 0 Å². The quantitative estimate of drug-likeness (QED) is 0.813. The summed E-state index contributed by atoms with van der Waals surface area (Å²) in [7, 11) is 0. The predicted molar refractivity (Wildman–Crippen MR) is 62.8 cm³/mol. The van der Waals surface area contributed by atoms with Crippen molar-refractivity contribution >= 4 is 0 Å². The molecular formula is C13H19F2N. The first-order chi connectivity index (χ1) is 7.43. The van der Waals surface area contributed by atoms with E-state index in [1.807, 2.05) is 13.8 Å². The lowest BCUT2D eigenvalue weighted by atomic mass is 10.0. The van der Waals surface area contributed by atoms with Gasteiger partial charge in [-0.25, -0.2) is 0 Å². The molecule has 0 radical (unpaired) electrons. The maximum absolute atomic E-state index is 13.8. The van der Waals surface area contributed by atoms with Crippen LogP contribution in [0.2, 0.25) is 0 Å². The molecule has 0 aromatic heterocycles. The summed E-state index contributed by atoms with van der Waals surface area (Å²) in [5.74, 6) is -2.41. The number of nitrogens with one attached hydrogen (secondary N) is 1. The Labute approximate surface area is 95.9 Å². The molecule has 0 aliphatic heterocycles. The van der Waals surface area contributed by atoms with E-state index in [-0.39, 0.29) is 12.1 Å². The molecule has 0 saturated carbocycles. The Balaban J connectivity index is 2.66. The molecule has 0 atom stereocenters. The summed E-state index contributed by atoms with van der Waals surface area (Å²) in [6.07, 6.45) is 0. The second-order valence-electron chi connectivity index (χ2n) is 4.54. The number of rotatable bonds is 5. The summed E-state index contributed by atoms with van der Waals surface area (Å²) in [6.45, 7) is 6.03. The van der Waals surface area contributed by atoms with Crippen molar-refractivity contribution in [1.82, 2.24) is 5.32 Å². The van der Waals surface area contributed by atoms with Gasteiger partial charge in [0.25, 0.3) is 5.92 Å². The van der Waals surface area contributed by atoms with Crippen LogP contribution in [0.3, 0.4) is 0 Å². The van der Waals surface area contributed by atoms with Gasteiger partial charge in [0.05, 0.1) is 6.54 Å². The highest BCUT2D eigenvalue weighted by Crippen LogP contribution is 2.29. The van der Waals surface area contributed by atoms with E-state index in [1.165, 1.54) is 6.07 Å². The maximum Gasteiger partial charge on any atom is 0.285 e. The van der Waals surface area contributed by atoms with Gasteiger partial charge >= 0.3 is 0 Å². The molecule has 1 rings (SSSR count). The van der Waals surface area contributed by atoms with Crippen molar-refractivity contribution in [3.8, 4) is 0 Å². The molecule has 16 heavy (non-hydrogen) atoms. The second kappa shape index (κ2) is 5.39. The summed E-state index contributed by atoms with van der Waals surface area (Å²) in [5, 5.41) is 2.80. The van der Waals surface area contributed by atoms with Gasteiger partial charge in [-0.05, 0) is 24.9 Å². The van der Waals surface area contributed by atoms with Crippen molar-refractivity contribution in [2.75, 3.05) is 13.1 Å². The molecule has 0 aliphatic rings. The molecule has 0 heterocycles. The molecular weight excluding hydrogens is 208 g/mol. The summed E-state index contributed by atoms with van der Waals surface area (Å²) in [6, 6.07) is 6.63. The highest BCUT2D eigenvalue weighted by molar-refractivity contribution is 5.29. The number of hydrogen-bond acceptors (Lipinski definition) is 1. The van der Waals surface area contributed by atoms with E-state index in [9.17, 15) is 8.78 Å². The number of alkyl halides is 2. The monoisotopic (exact) mass is 227 g/mol. The minimum Gasteiger partial charge on any atom is -0.311 e. The fraction of sp³-hybridized carbons (Fsp3) is 0.538. The van der Waals surface area contributed by atoms with E-state index in [2.05, 4.69) is 5.32 Å². The zero-order chi connectivity index (χ0) is 12.2. The normalized spacial score (nSPS) is 12.1. The molecule has 0 aliphatic carbocycles. The van der Waals surface area contributed by atoms with Gasteiger partial charge in [-0.15, -0.1) is 0 Å². The second-order valence-corrected chi connectivity index (χ2v) is 4.54. The average molecular weight is 227 g/mol. The molecule has 0 unspecified atom stereocenters. The number of aryl methyl sites for hydroxylation is 1. The van der Waals surface area contributed by atoms with Crippen molar-refractivity contribution in [2.45, 2.75) is 26.7 Å². The van der Waals surface area contributed by atoms with E-state index >= 15 is 0 Å². The van der Waals surface area contributed by atoms with Gasteiger partial charge in [0.15, 0.2) is 0 Å². The lowest BCUT2D eigenvalue weighted by Gasteiger charge is -2.20. The van der Waals surface area contributed by atoms with Gasteiger partial charge in [0.2, 0.25) is 0 Å². The van der Waals surface area contributed by atoms with Crippen LogP contribution < -0.4 is 5.32 Å². The molecule has 3 heteroatoms. The SMILES string of the molecule is Cc1ccccc1C(F)(F)CNCC(C)C. The third-order valence-corrected chi connectivity index (χ3v) is 2.44. The molecule has 1 nitrogen and oxygen atoms in total. The third-order valence-electron chi connectivity index (χ3n) is 2.44. The highest BCUT2D eigenvalue weighted by Gasteiger charge is 2.32. The number of benzene rings is 1. The molecule has 1 aromatic rings. The first-order valence-corrected chi connectivity index (χ1v) is 5.58. The molecule has 0 amide bonds. The Hall–Kier alpha value is -0.960. The standard InChI is InChI=1S/C13H19F2N/c1-10(2)8-16-9-13(14,15)12-7-5-4-6-11(12)3/h4-7,10,16H,8-9H2,1-3H3. The molecule has 0 fully saturated rings. The predicted octanol–water partition coefficient (Wildman–Crippen LogP) is 3.33. The van der Waals surface area contributed by atoms with E-state index in [4.69, 9.17) is 0 Å². The Morgan fingerprint density at radius 3 is 2.44 bits per heavy atom. The highest BCUT2D eigenvalue weighted by atomic mass is 19.3. The van der Waals surface area contributed by atoms with E-state index in [0.29, 0.717) is 18.0 Å².